The van der Waals surface area contributed by atoms with Crippen LogP contribution in [0.4, 0.5) is 4.79 Å². The Morgan fingerprint density at radius 2 is 1.39 bits per heavy atom. The molecule has 7 atom stereocenters. The largest absolute Gasteiger partial charge is 0.508 e. The minimum Gasteiger partial charge on any atom is -0.508 e. The normalized spacial score (nSPS) is 22.0. The molecule has 1 heterocycles. The monoisotopic (exact) mass is 857 g/mol. The van der Waals surface area contributed by atoms with Gasteiger partial charge in [0.25, 0.3) is 0 Å². The highest BCUT2D eigenvalue weighted by molar-refractivity contribution is 5.96. The zero-order valence-electron chi connectivity index (χ0n) is 35.6. The molecule has 1 aliphatic heterocycles. The fourth-order valence-corrected chi connectivity index (χ4v) is 6.92. The summed E-state index contributed by atoms with van der Waals surface area (Å²) < 4.78 is 0. The number of nitrogens with one attached hydrogen (secondary N) is 6. The van der Waals surface area contributed by atoms with Crippen LogP contribution < -0.4 is 31.9 Å². The predicted molar refractivity (Wildman–Crippen MR) is 230 cm³/mol. The molecule has 0 aromatic heterocycles. The number of phenols is 2. The Morgan fingerprint density at radius 1 is 0.774 bits per heavy atom. The molecule has 0 unspecified atom stereocenters. The van der Waals surface area contributed by atoms with Crippen molar-refractivity contribution in [2.75, 3.05) is 13.6 Å². The second-order valence-electron chi connectivity index (χ2n) is 15.7. The van der Waals surface area contributed by atoms with E-state index in [1.807, 2.05) is 37.3 Å². The van der Waals surface area contributed by atoms with Gasteiger partial charge in [0.05, 0.1) is 0 Å². The number of rotatable bonds is 12. The molecule has 3 aromatic rings. The Labute approximate surface area is 361 Å². The number of benzene rings is 3. The maximum atomic E-state index is 14.3. The van der Waals surface area contributed by atoms with Crippen LogP contribution in [0.25, 0.3) is 0 Å². The Kier molecular flexibility index (Phi) is 18.1. The summed E-state index contributed by atoms with van der Waals surface area (Å²) in [6.07, 6.45) is 1.49. The highest BCUT2D eigenvalue weighted by Crippen LogP contribution is 2.17. The molecule has 17 heteroatoms. The molecule has 0 bridgehead atoms. The minimum absolute atomic E-state index is 0.0141. The highest BCUT2D eigenvalue weighted by Gasteiger charge is 2.36. The number of urea groups is 1. The summed E-state index contributed by atoms with van der Waals surface area (Å²) in [6.45, 7) is 5.23. The van der Waals surface area contributed by atoms with Crippen LogP contribution in [-0.4, -0.2) is 112 Å². The Balaban J connectivity index is 1.65. The molecular weight excluding hydrogens is 799 g/mol. The van der Waals surface area contributed by atoms with E-state index in [0.717, 1.165) is 11.1 Å². The lowest BCUT2D eigenvalue weighted by Crippen LogP contribution is -2.60. The van der Waals surface area contributed by atoms with Crippen LogP contribution in [0.1, 0.15) is 69.6 Å². The summed E-state index contributed by atoms with van der Waals surface area (Å²) in [5.74, 6) is -4.84. The average Bonchev–Trinajstić information content (AvgIpc) is 3.25. The summed E-state index contributed by atoms with van der Waals surface area (Å²) in [7, 11) is 1.43. The van der Waals surface area contributed by atoms with E-state index in [2.05, 4.69) is 31.9 Å². The van der Waals surface area contributed by atoms with E-state index in [4.69, 9.17) is 0 Å². The SMILES string of the molecule is CC[C@H](C)[C@@H]1NC(=O)[C@H](NC(=O)N[C@@H](Cc2ccc(O)cc2)C(=O)O)CCCCNC(=O)[C@H](Cc2ccccc2)NC(=O)[C@H](C)N(C)C(=O)[C@H](CCc2ccc(O)cc2)NC1=O. The lowest BCUT2D eigenvalue weighted by molar-refractivity contribution is -0.142. The number of carbonyl (C=O) groups excluding carboxylic acids is 6. The van der Waals surface area contributed by atoms with Gasteiger partial charge in [-0.25, -0.2) is 9.59 Å². The third-order valence-corrected chi connectivity index (χ3v) is 11.1. The quantitative estimate of drug-likeness (QED) is 0.129. The average molecular weight is 858 g/mol. The van der Waals surface area contributed by atoms with E-state index in [1.165, 1.54) is 55.3 Å². The summed E-state index contributed by atoms with van der Waals surface area (Å²) in [5, 5.41) is 45.6. The third kappa shape index (κ3) is 14.5. The van der Waals surface area contributed by atoms with Crippen molar-refractivity contribution in [3.8, 4) is 11.5 Å². The van der Waals surface area contributed by atoms with Crippen LogP contribution in [-0.2, 0) is 48.0 Å². The van der Waals surface area contributed by atoms with Gasteiger partial charge in [-0.2, -0.15) is 0 Å². The number of nitrogens with zero attached hydrogens (tertiary/aromatic N) is 1. The predicted octanol–water partition coefficient (Wildman–Crippen LogP) is 2.28. The first-order valence-corrected chi connectivity index (χ1v) is 20.9. The molecule has 0 aliphatic carbocycles. The molecule has 0 saturated carbocycles. The van der Waals surface area contributed by atoms with E-state index in [0.29, 0.717) is 24.8 Å². The third-order valence-electron chi connectivity index (χ3n) is 11.1. The van der Waals surface area contributed by atoms with Gasteiger partial charge in [0.1, 0.15) is 47.8 Å². The van der Waals surface area contributed by atoms with Gasteiger partial charge in [-0.3, -0.25) is 24.0 Å². The number of carboxylic acids is 1. The summed E-state index contributed by atoms with van der Waals surface area (Å²) >= 11 is 0. The number of carbonyl (C=O) groups is 7. The molecular formula is C45H59N7O10. The molecule has 62 heavy (non-hydrogen) atoms. The van der Waals surface area contributed by atoms with Crippen LogP contribution >= 0.6 is 0 Å². The molecule has 1 saturated heterocycles. The lowest BCUT2D eigenvalue weighted by atomic mass is 9.96. The molecule has 1 aliphatic rings. The number of aliphatic carboxylic acids is 1. The van der Waals surface area contributed by atoms with Gasteiger partial charge in [-0.15, -0.1) is 0 Å². The number of phenolic OH excluding ortho intramolecular Hbond substituents is 2. The topological polar surface area (TPSA) is 256 Å². The van der Waals surface area contributed by atoms with Gasteiger partial charge < -0.3 is 52.1 Å². The number of aromatic hydroxyl groups is 2. The number of amides is 7. The molecule has 17 nitrogen and oxygen atoms in total. The second-order valence-corrected chi connectivity index (χ2v) is 15.7. The molecule has 1 fully saturated rings. The summed E-state index contributed by atoms with van der Waals surface area (Å²) in [4.78, 5) is 96.7. The van der Waals surface area contributed by atoms with Gasteiger partial charge in [0.2, 0.25) is 29.5 Å². The van der Waals surface area contributed by atoms with E-state index in [9.17, 15) is 48.9 Å². The lowest BCUT2D eigenvalue weighted by Gasteiger charge is -2.32. The molecule has 4 rings (SSSR count). The van der Waals surface area contributed by atoms with Crippen molar-refractivity contribution >= 4 is 41.5 Å². The van der Waals surface area contributed by atoms with E-state index >= 15 is 0 Å². The molecule has 9 N–H and O–H groups in total. The van der Waals surface area contributed by atoms with E-state index in [1.54, 1.807) is 19.1 Å². The minimum atomic E-state index is -1.40. The van der Waals surface area contributed by atoms with Crippen molar-refractivity contribution in [1.82, 2.24) is 36.8 Å². The van der Waals surface area contributed by atoms with Gasteiger partial charge >= 0.3 is 12.0 Å². The van der Waals surface area contributed by atoms with Crippen LogP contribution in [0, 0.1) is 5.92 Å². The maximum Gasteiger partial charge on any atom is 0.326 e. The van der Waals surface area contributed by atoms with Gasteiger partial charge in [0, 0.05) is 26.4 Å². The zero-order chi connectivity index (χ0) is 45.3. The maximum absolute atomic E-state index is 14.3. The first-order chi connectivity index (χ1) is 29.6. The smallest absolute Gasteiger partial charge is 0.326 e. The van der Waals surface area contributed by atoms with Crippen molar-refractivity contribution in [3.05, 3.63) is 95.6 Å². The van der Waals surface area contributed by atoms with E-state index in [-0.39, 0.29) is 50.1 Å². The first kappa shape index (κ1) is 48.0. The summed E-state index contributed by atoms with van der Waals surface area (Å²) in [6, 6.07) is 13.2. The van der Waals surface area contributed by atoms with Gasteiger partial charge in [0.15, 0.2) is 0 Å². The van der Waals surface area contributed by atoms with Crippen LogP contribution in [0.2, 0.25) is 0 Å². The van der Waals surface area contributed by atoms with Crippen LogP contribution in [0.15, 0.2) is 78.9 Å². The summed E-state index contributed by atoms with van der Waals surface area (Å²) in [5.41, 5.74) is 2.06. The number of carboxylic acid groups (broad SMARTS) is 1. The number of hydrogen-bond acceptors (Lipinski definition) is 9. The molecule has 0 radical (unpaired) electrons. The Bertz CT molecular complexity index is 2000. The van der Waals surface area contributed by atoms with Crippen LogP contribution in [0.3, 0.4) is 0 Å². The molecule has 0 spiro atoms. The second kappa shape index (κ2) is 23.4. The fraction of sp³-hybridized carbons (Fsp3) is 0.444. The van der Waals surface area contributed by atoms with Crippen molar-refractivity contribution in [3.63, 3.8) is 0 Å². The number of likely N-dealkylation sites (N-methyl/N-ethyl adjacent to an activating group) is 1. The van der Waals surface area contributed by atoms with Crippen molar-refractivity contribution in [2.45, 2.75) is 108 Å². The number of hydrogen-bond donors (Lipinski definition) is 9. The fourth-order valence-electron chi connectivity index (χ4n) is 6.92. The van der Waals surface area contributed by atoms with Crippen molar-refractivity contribution in [1.29, 1.82) is 0 Å². The first-order valence-electron chi connectivity index (χ1n) is 20.9. The molecule has 7 amide bonds. The van der Waals surface area contributed by atoms with E-state index < -0.39 is 83.7 Å². The van der Waals surface area contributed by atoms with Crippen molar-refractivity contribution in [2.24, 2.45) is 5.92 Å². The van der Waals surface area contributed by atoms with Gasteiger partial charge in [-0.05, 0) is 85.9 Å². The number of aryl methyl sites for hydroxylation is 1. The molecule has 3 aromatic carbocycles. The zero-order valence-corrected chi connectivity index (χ0v) is 35.6. The highest BCUT2D eigenvalue weighted by atomic mass is 16.4. The Morgan fingerprint density at radius 3 is 2.00 bits per heavy atom. The Hall–Kier alpha value is -6.65. The standard InChI is InChI=1S/C45H59N7O10/c1-5-27(2)38-42(58)47-35(23-18-29-14-19-32(53)20-15-29)43(59)52(4)28(3)39(55)48-36(25-30-11-7-6-8-12-30)40(56)46-24-10-9-13-34(41(57)51-38)49-45(62)50-37(44(60)61)26-31-16-21-33(54)22-17-31/h6-8,11-12,14-17,19-22,27-28,34-38,53-54H,5,9-10,13,18,23-26H2,1-4H3,(H,46,56)(H,47,58)(H,48,55)(H,51,57)(H,60,61)(H2,49,50,62)/t27-,28-,34+,35-,36-,37-,38-/m0/s1. The molecule has 334 valence electrons. The van der Waals surface area contributed by atoms with Gasteiger partial charge in [-0.1, -0.05) is 74.9 Å². The van der Waals surface area contributed by atoms with Crippen molar-refractivity contribution < 1.29 is 48.9 Å². The van der Waals surface area contributed by atoms with Crippen LogP contribution in [0.5, 0.6) is 11.5 Å².